The van der Waals surface area contributed by atoms with Crippen molar-refractivity contribution in [2.45, 2.75) is 199 Å². The quantitative estimate of drug-likeness (QED) is 0.0317. The normalized spacial score (nSPS) is 14.3. The Labute approximate surface area is 277 Å². The van der Waals surface area contributed by atoms with Gasteiger partial charge >= 0.3 is 0 Å². The van der Waals surface area contributed by atoms with Crippen LogP contribution in [0.25, 0.3) is 0 Å². The fraction of sp³-hybridized carbons (Fsp3) is 0.865. The summed E-state index contributed by atoms with van der Waals surface area (Å²) in [6, 6.07) is -1.24. The predicted molar refractivity (Wildman–Crippen MR) is 190 cm³/mol. The summed E-state index contributed by atoms with van der Waals surface area (Å²) in [5.74, 6) is -1.55. The van der Waals surface area contributed by atoms with Gasteiger partial charge in [0.25, 0.3) is 10.1 Å². The Hall–Kier alpha value is -1.22. The third-order valence-corrected chi connectivity index (χ3v) is 9.27. The summed E-state index contributed by atoms with van der Waals surface area (Å²) in [6.07, 6.45) is 35.2. The molecule has 3 atom stereocenters. The van der Waals surface area contributed by atoms with Crippen LogP contribution in [0.15, 0.2) is 24.3 Å². The summed E-state index contributed by atoms with van der Waals surface area (Å²) in [4.78, 5) is 12.5. The van der Waals surface area contributed by atoms with Crippen molar-refractivity contribution in [3.8, 4) is 0 Å². The summed E-state index contributed by atoms with van der Waals surface area (Å²) in [6.45, 7) is 4.48. The van der Waals surface area contributed by atoms with Crippen LogP contribution in [-0.2, 0) is 14.9 Å². The van der Waals surface area contributed by atoms with E-state index >= 15 is 0 Å². The predicted octanol–water partition coefficient (Wildman–Crippen LogP) is 9.38. The van der Waals surface area contributed by atoms with Crippen LogP contribution in [0.1, 0.15) is 181 Å². The molecule has 3 unspecified atom stereocenters. The number of carbonyl (C=O) groups excluding carboxylic acids is 1. The molecule has 0 heterocycles. The number of aliphatic hydroxyl groups is 2. The molecule has 0 aliphatic rings. The van der Waals surface area contributed by atoms with Crippen LogP contribution in [0.5, 0.6) is 0 Å². The minimum atomic E-state index is -4.44. The zero-order valence-electron chi connectivity index (χ0n) is 29.1. The lowest BCUT2D eigenvalue weighted by atomic mass is 10.0. The van der Waals surface area contributed by atoms with Crippen LogP contribution in [-0.4, -0.2) is 53.1 Å². The maximum Gasteiger partial charge on any atom is 0.267 e. The van der Waals surface area contributed by atoms with Gasteiger partial charge in [-0.05, 0) is 32.1 Å². The lowest BCUT2D eigenvalue weighted by Gasteiger charge is -2.22. The molecule has 0 saturated heterocycles. The summed E-state index contributed by atoms with van der Waals surface area (Å²) in [5.41, 5.74) is 0. The van der Waals surface area contributed by atoms with Gasteiger partial charge in [-0.15, -0.1) is 0 Å². The van der Waals surface area contributed by atoms with Gasteiger partial charge in [0.15, 0.2) is 0 Å². The molecule has 0 bridgehead atoms. The first-order chi connectivity index (χ1) is 21.7. The van der Waals surface area contributed by atoms with E-state index in [-0.39, 0.29) is 6.42 Å². The summed E-state index contributed by atoms with van der Waals surface area (Å²) in [7, 11) is -4.44. The Bertz CT molecular complexity index is 829. The van der Waals surface area contributed by atoms with E-state index in [2.05, 4.69) is 31.3 Å². The van der Waals surface area contributed by atoms with Crippen LogP contribution in [0, 0.1) is 0 Å². The van der Waals surface area contributed by atoms with E-state index < -0.39 is 40.0 Å². The Morgan fingerprint density at radius 2 is 1.00 bits per heavy atom. The van der Waals surface area contributed by atoms with E-state index in [0.29, 0.717) is 12.8 Å². The lowest BCUT2D eigenvalue weighted by Crippen LogP contribution is -2.50. The fourth-order valence-corrected chi connectivity index (χ4v) is 6.32. The molecule has 8 heteroatoms. The Kier molecular flexibility index (Phi) is 30.5. The van der Waals surface area contributed by atoms with Crippen molar-refractivity contribution in [3.63, 3.8) is 0 Å². The van der Waals surface area contributed by atoms with Gasteiger partial charge in [-0.25, -0.2) is 0 Å². The maximum absolute atomic E-state index is 12.5. The molecule has 266 valence electrons. The highest BCUT2D eigenvalue weighted by atomic mass is 32.2. The average Bonchev–Trinajstić information content (AvgIpc) is 3.00. The topological polar surface area (TPSA) is 124 Å². The second kappa shape index (κ2) is 31.4. The van der Waals surface area contributed by atoms with E-state index in [1.54, 1.807) is 6.08 Å². The van der Waals surface area contributed by atoms with Crippen molar-refractivity contribution in [1.82, 2.24) is 5.32 Å². The molecule has 0 aromatic rings. The number of hydrogen-bond donors (Lipinski definition) is 4. The number of carbonyl (C=O) groups is 1. The average molecular weight is 658 g/mol. The van der Waals surface area contributed by atoms with E-state index in [9.17, 15) is 28.0 Å². The molecule has 45 heavy (non-hydrogen) atoms. The van der Waals surface area contributed by atoms with Gasteiger partial charge < -0.3 is 15.5 Å². The van der Waals surface area contributed by atoms with Crippen LogP contribution in [0.3, 0.4) is 0 Å². The van der Waals surface area contributed by atoms with Crippen molar-refractivity contribution in [2.24, 2.45) is 0 Å². The molecular formula is C37H71NO6S. The van der Waals surface area contributed by atoms with E-state index in [1.165, 1.54) is 122 Å². The van der Waals surface area contributed by atoms with Gasteiger partial charge in [-0.3, -0.25) is 9.35 Å². The zero-order chi connectivity index (χ0) is 33.4. The molecule has 4 N–H and O–H groups in total. The minimum absolute atomic E-state index is 0.277. The highest BCUT2D eigenvalue weighted by Crippen LogP contribution is 2.14. The zero-order valence-corrected chi connectivity index (χ0v) is 29.9. The van der Waals surface area contributed by atoms with Crippen LogP contribution < -0.4 is 5.32 Å². The number of allylic oxidation sites excluding steroid dienone is 3. The van der Waals surface area contributed by atoms with Gasteiger partial charge in [-0.1, -0.05) is 173 Å². The van der Waals surface area contributed by atoms with E-state index in [4.69, 9.17) is 0 Å². The Morgan fingerprint density at radius 1 is 0.600 bits per heavy atom. The number of nitrogens with one attached hydrogen (secondary N) is 1. The summed E-state index contributed by atoms with van der Waals surface area (Å²) in [5, 5.41) is 23.3. The van der Waals surface area contributed by atoms with Gasteiger partial charge in [0.05, 0.1) is 17.9 Å². The third-order valence-electron chi connectivity index (χ3n) is 8.49. The summed E-state index contributed by atoms with van der Waals surface area (Å²) >= 11 is 0. The van der Waals surface area contributed by atoms with Gasteiger partial charge in [0.1, 0.15) is 6.10 Å². The van der Waals surface area contributed by atoms with Crippen LogP contribution in [0.2, 0.25) is 0 Å². The smallest absolute Gasteiger partial charge is 0.267 e. The van der Waals surface area contributed by atoms with Crippen molar-refractivity contribution < 1.29 is 28.0 Å². The first-order valence-electron chi connectivity index (χ1n) is 18.6. The van der Waals surface area contributed by atoms with Crippen molar-refractivity contribution in [1.29, 1.82) is 0 Å². The maximum atomic E-state index is 12.5. The third kappa shape index (κ3) is 31.2. The molecule has 0 aromatic heterocycles. The molecule has 0 aliphatic heterocycles. The van der Waals surface area contributed by atoms with Gasteiger partial charge in [-0.2, -0.15) is 8.42 Å². The second-order valence-electron chi connectivity index (χ2n) is 13.0. The first-order valence-corrected chi connectivity index (χ1v) is 20.3. The molecule has 0 aliphatic carbocycles. The number of rotatable bonds is 33. The number of aliphatic hydroxyl groups excluding tert-OH is 2. The highest BCUT2D eigenvalue weighted by molar-refractivity contribution is 7.85. The van der Waals surface area contributed by atoms with Crippen LogP contribution in [0.4, 0.5) is 0 Å². The Balaban J connectivity index is 4.16. The number of hydrogen-bond acceptors (Lipinski definition) is 5. The van der Waals surface area contributed by atoms with Crippen LogP contribution >= 0.6 is 0 Å². The molecule has 7 nitrogen and oxygen atoms in total. The number of unbranched alkanes of at least 4 members (excludes halogenated alkanes) is 22. The lowest BCUT2D eigenvalue weighted by molar-refractivity contribution is -0.130. The molecule has 0 rings (SSSR count). The summed E-state index contributed by atoms with van der Waals surface area (Å²) < 4.78 is 32.4. The van der Waals surface area contributed by atoms with Crippen molar-refractivity contribution in [3.05, 3.63) is 24.3 Å². The molecule has 0 fully saturated rings. The highest BCUT2D eigenvalue weighted by Gasteiger charge is 2.27. The molecule has 0 saturated carbocycles. The molecule has 1 amide bonds. The molecule has 0 spiro atoms. The standard InChI is InChI=1S/C37H71NO6S/c1-3-5-7-9-11-13-15-17-18-20-21-23-25-27-29-31-35(39)34(33-45(42,43)44)38-37(41)36(40)32-30-28-26-24-22-19-16-14-12-10-8-6-4-2/h21,23,29,31,34-36,39-40H,3-20,22,24-28,30,32-33H2,1-2H3,(H,38,41)(H,42,43,44)/b23-21+,31-29+. The van der Waals surface area contributed by atoms with E-state index in [1.807, 2.05) is 0 Å². The molecule has 0 radical (unpaired) electrons. The second-order valence-corrected chi connectivity index (χ2v) is 14.5. The monoisotopic (exact) mass is 658 g/mol. The van der Waals surface area contributed by atoms with E-state index in [0.717, 1.165) is 32.1 Å². The largest absolute Gasteiger partial charge is 0.387 e. The molecular weight excluding hydrogens is 586 g/mol. The van der Waals surface area contributed by atoms with Gasteiger partial charge in [0.2, 0.25) is 5.91 Å². The first kappa shape index (κ1) is 43.8. The number of amides is 1. The minimum Gasteiger partial charge on any atom is -0.387 e. The fourth-order valence-electron chi connectivity index (χ4n) is 5.59. The van der Waals surface area contributed by atoms with Gasteiger partial charge in [0, 0.05) is 0 Å². The SMILES string of the molecule is CCCCCCCCCCC/C=C/CC/C=C/C(O)C(CS(=O)(=O)O)NC(=O)C(O)CCCCCCCCCCCCCCC. The van der Waals surface area contributed by atoms with Crippen molar-refractivity contribution in [2.75, 3.05) is 5.75 Å². The Morgan fingerprint density at radius 3 is 1.47 bits per heavy atom. The molecule has 0 aromatic carbocycles. The van der Waals surface area contributed by atoms with Crippen molar-refractivity contribution >= 4 is 16.0 Å².